The van der Waals surface area contributed by atoms with Gasteiger partial charge in [-0.1, -0.05) is 6.07 Å². The van der Waals surface area contributed by atoms with E-state index in [4.69, 9.17) is 5.73 Å². The highest BCUT2D eigenvalue weighted by Crippen LogP contribution is 2.00. The van der Waals surface area contributed by atoms with Gasteiger partial charge in [0.25, 0.3) is 5.91 Å². The number of hydrogen-bond acceptors (Lipinski definition) is 1. The molecule has 0 fully saturated rings. The lowest BCUT2D eigenvalue weighted by Gasteiger charge is -1.91. The summed E-state index contributed by atoms with van der Waals surface area (Å²) in [7, 11) is 0. The molecule has 0 bridgehead atoms. The number of nitrogens with zero attached hydrogens (tertiary/aromatic N) is 1. The van der Waals surface area contributed by atoms with E-state index in [1.807, 2.05) is 6.92 Å². The van der Waals surface area contributed by atoms with Crippen molar-refractivity contribution in [3.63, 3.8) is 0 Å². The van der Waals surface area contributed by atoms with Crippen molar-refractivity contribution in [2.75, 3.05) is 0 Å². The highest BCUT2D eigenvalue weighted by molar-refractivity contribution is 5.92. The molecular formula is C8H6NO. The molecule has 10 heavy (non-hydrogen) atoms. The summed E-state index contributed by atoms with van der Waals surface area (Å²) in [5.74, 6) is -0.906. The molecule has 2 nitrogen and oxygen atoms in total. The van der Waals surface area contributed by atoms with Gasteiger partial charge >= 0.3 is 0 Å². The Labute approximate surface area is 59.7 Å². The van der Waals surface area contributed by atoms with Crippen LogP contribution in [-0.4, -0.2) is 5.91 Å². The van der Waals surface area contributed by atoms with Crippen molar-refractivity contribution in [3.8, 4) is 0 Å². The summed E-state index contributed by atoms with van der Waals surface area (Å²) in [5, 5.41) is 0. The van der Waals surface area contributed by atoms with Crippen molar-refractivity contribution < 1.29 is 4.79 Å². The Bertz CT molecular complexity index is 238. The van der Waals surface area contributed by atoms with Gasteiger partial charge in [-0.2, -0.15) is 0 Å². The number of aryl methyl sites for hydroxylation is 1. The van der Waals surface area contributed by atoms with E-state index in [-0.39, 0.29) is 5.56 Å². The number of carbonyl (C=O) groups excluding carboxylic acids is 1. The zero-order valence-electron chi connectivity index (χ0n) is 5.59. The third kappa shape index (κ3) is 1.35. The lowest BCUT2D eigenvalue weighted by molar-refractivity contribution is 0.0992. The van der Waals surface area contributed by atoms with Crippen LogP contribution in [0.25, 0.3) is 0 Å². The lowest BCUT2D eigenvalue weighted by Crippen LogP contribution is -1.97. The van der Waals surface area contributed by atoms with Crippen molar-refractivity contribution in [2.24, 2.45) is 0 Å². The molecule has 1 aromatic rings. The van der Waals surface area contributed by atoms with Crippen molar-refractivity contribution >= 4 is 5.91 Å². The van der Waals surface area contributed by atoms with Gasteiger partial charge < -0.3 is 0 Å². The minimum atomic E-state index is -0.906. The van der Waals surface area contributed by atoms with Crippen LogP contribution in [-0.2, 0) is 0 Å². The Morgan fingerprint density at radius 3 is 2.70 bits per heavy atom. The Kier molecular flexibility index (Phi) is 1.71. The van der Waals surface area contributed by atoms with Crippen molar-refractivity contribution in [1.82, 2.24) is 5.73 Å². The average Bonchev–Trinajstić information content (AvgIpc) is 1.88. The molecule has 0 aliphatic carbocycles. The second kappa shape index (κ2) is 2.52. The molecule has 3 radical (unpaired) electrons. The van der Waals surface area contributed by atoms with Crippen LogP contribution in [0.2, 0.25) is 0 Å². The van der Waals surface area contributed by atoms with Crippen molar-refractivity contribution in [1.29, 1.82) is 0 Å². The standard InChI is InChI=1S/C8H6NO/c1-6-2-4-7(5-3-6)8(9)10/h2,4-5H,1H3. The first-order valence-electron chi connectivity index (χ1n) is 2.92. The van der Waals surface area contributed by atoms with Crippen LogP contribution in [0.4, 0.5) is 0 Å². The van der Waals surface area contributed by atoms with E-state index in [0.29, 0.717) is 0 Å². The van der Waals surface area contributed by atoms with Crippen LogP contribution < -0.4 is 5.73 Å². The molecular weight excluding hydrogens is 126 g/mol. The van der Waals surface area contributed by atoms with Crippen LogP contribution in [0.1, 0.15) is 15.9 Å². The first-order chi connectivity index (χ1) is 4.70. The number of benzene rings is 1. The third-order valence-electron chi connectivity index (χ3n) is 1.22. The summed E-state index contributed by atoms with van der Waals surface area (Å²) in [6.45, 7) is 1.87. The first kappa shape index (κ1) is 6.81. The van der Waals surface area contributed by atoms with Gasteiger partial charge in [-0.05, 0) is 30.7 Å². The summed E-state index contributed by atoms with van der Waals surface area (Å²) in [5.41, 5.74) is 9.69. The predicted octanol–water partition coefficient (Wildman–Crippen LogP) is 1.00. The van der Waals surface area contributed by atoms with Crippen LogP contribution in [0.3, 0.4) is 0 Å². The Morgan fingerprint density at radius 1 is 1.60 bits per heavy atom. The van der Waals surface area contributed by atoms with Gasteiger partial charge in [-0.15, -0.1) is 5.73 Å². The van der Waals surface area contributed by atoms with Gasteiger partial charge in [0.2, 0.25) is 0 Å². The summed E-state index contributed by atoms with van der Waals surface area (Å²) in [6, 6.07) is 7.56. The fraction of sp³-hybridized carbons (Fsp3) is 0.125. The van der Waals surface area contributed by atoms with Crippen molar-refractivity contribution in [2.45, 2.75) is 6.92 Å². The summed E-state index contributed by atoms with van der Waals surface area (Å²) < 4.78 is 0. The molecule has 0 unspecified atom stereocenters. The Balaban J connectivity index is 3.00. The van der Waals surface area contributed by atoms with Gasteiger partial charge in [-0.25, -0.2) is 0 Å². The van der Waals surface area contributed by atoms with Gasteiger partial charge in [-0.3, -0.25) is 4.79 Å². The van der Waals surface area contributed by atoms with Crippen LogP contribution in [0.15, 0.2) is 18.2 Å². The van der Waals surface area contributed by atoms with Crippen LogP contribution in [0.5, 0.6) is 0 Å². The van der Waals surface area contributed by atoms with E-state index in [1.54, 1.807) is 12.1 Å². The minimum Gasteiger partial charge on any atom is -0.265 e. The number of amides is 1. The molecule has 1 aromatic carbocycles. The average molecular weight is 132 g/mol. The maximum Gasteiger partial charge on any atom is 0.295 e. The van der Waals surface area contributed by atoms with Gasteiger partial charge in [0.05, 0.1) is 0 Å². The molecule has 49 valence electrons. The molecule has 1 amide bonds. The highest BCUT2D eigenvalue weighted by Gasteiger charge is 1.99. The molecule has 0 spiro atoms. The maximum atomic E-state index is 10.3. The van der Waals surface area contributed by atoms with E-state index in [1.165, 1.54) is 6.07 Å². The second-order valence-corrected chi connectivity index (χ2v) is 2.07. The number of carbonyl (C=O) groups is 1. The van der Waals surface area contributed by atoms with E-state index < -0.39 is 5.91 Å². The molecule has 1 rings (SSSR count). The van der Waals surface area contributed by atoms with Gasteiger partial charge in [0.15, 0.2) is 0 Å². The fourth-order valence-electron chi connectivity index (χ4n) is 0.636. The molecule has 0 saturated carbocycles. The maximum absolute atomic E-state index is 10.3. The van der Waals surface area contributed by atoms with Crippen molar-refractivity contribution in [3.05, 3.63) is 35.4 Å². The topological polar surface area (TPSA) is 39.4 Å². The summed E-state index contributed by atoms with van der Waals surface area (Å²) in [4.78, 5) is 10.3. The SMILES string of the molecule is Cc1[c]cc(C([N])=O)cc1. The largest absolute Gasteiger partial charge is 0.295 e. The second-order valence-electron chi connectivity index (χ2n) is 2.07. The first-order valence-corrected chi connectivity index (χ1v) is 2.92. The molecule has 0 saturated heterocycles. The quantitative estimate of drug-likeness (QED) is 0.562. The smallest absolute Gasteiger partial charge is 0.265 e. The normalized spacial score (nSPS) is 9.30. The van der Waals surface area contributed by atoms with Gasteiger partial charge in [0.1, 0.15) is 0 Å². The third-order valence-corrected chi connectivity index (χ3v) is 1.22. The molecule has 0 atom stereocenters. The van der Waals surface area contributed by atoms with Crippen LogP contribution >= 0.6 is 0 Å². The van der Waals surface area contributed by atoms with Crippen LogP contribution in [0, 0.1) is 13.0 Å². The Morgan fingerprint density at radius 2 is 2.30 bits per heavy atom. The zero-order chi connectivity index (χ0) is 7.56. The summed E-state index contributed by atoms with van der Waals surface area (Å²) in [6.07, 6.45) is 0. The van der Waals surface area contributed by atoms with E-state index >= 15 is 0 Å². The molecule has 0 aliphatic heterocycles. The fourth-order valence-corrected chi connectivity index (χ4v) is 0.636. The monoisotopic (exact) mass is 132 g/mol. The molecule has 2 heteroatoms. The molecule has 0 aliphatic rings. The van der Waals surface area contributed by atoms with Gasteiger partial charge in [0, 0.05) is 5.56 Å². The lowest BCUT2D eigenvalue weighted by atomic mass is 10.1. The van der Waals surface area contributed by atoms with E-state index in [9.17, 15) is 4.79 Å². The predicted molar refractivity (Wildman–Crippen MR) is 36.5 cm³/mol. The molecule has 0 aromatic heterocycles. The number of hydrogen-bond donors (Lipinski definition) is 0. The summed E-state index contributed by atoms with van der Waals surface area (Å²) >= 11 is 0. The highest BCUT2D eigenvalue weighted by atomic mass is 16.1. The minimum absolute atomic E-state index is 0.283. The van der Waals surface area contributed by atoms with E-state index in [0.717, 1.165) is 5.56 Å². The Hall–Kier alpha value is -1.31. The number of rotatable bonds is 1. The molecule has 0 N–H and O–H groups in total. The van der Waals surface area contributed by atoms with E-state index in [2.05, 4.69) is 6.07 Å². The zero-order valence-corrected chi connectivity index (χ0v) is 5.59. The molecule has 0 heterocycles.